The standard InChI is InChI=1S/C44H58N4O12/c49-43(50)39-30-42(60-28-10-6-2-4-8-26-58-32-38-14-12-24-46(38)34-17-21-36(22-18-34)48(55)56)40(44(51)52)29-41(39)59-27-9-5-1-3-7-25-57-31-37-13-11-23-45(37)33-15-19-35(20-16-33)47(53)54/h15-22,29-30,37-38H,1-14,23-28,31-32H2,(H,49,50)(H,51,52)/t37-,38-/m0/s1. The third-order valence-electron chi connectivity index (χ3n) is 11.1. The van der Waals surface area contributed by atoms with Crippen LogP contribution in [-0.4, -0.2) is 96.8 Å². The number of hydrogen-bond donors (Lipinski definition) is 2. The molecule has 2 heterocycles. The molecule has 0 aromatic heterocycles. The summed E-state index contributed by atoms with van der Waals surface area (Å²) in [5.74, 6) is -2.45. The van der Waals surface area contributed by atoms with Gasteiger partial charge in [-0.1, -0.05) is 38.5 Å². The zero-order valence-corrected chi connectivity index (χ0v) is 34.3. The van der Waals surface area contributed by atoms with E-state index in [1.807, 2.05) is 0 Å². The monoisotopic (exact) mass is 834 g/mol. The molecule has 16 heteroatoms. The van der Waals surface area contributed by atoms with Crippen molar-refractivity contribution in [1.82, 2.24) is 0 Å². The molecule has 0 saturated carbocycles. The highest BCUT2D eigenvalue weighted by atomic mass is 16.6. The molecule has 60 heavy (non-hydrogen) atoms. The van der Waals surface area contributed by atoms with E-state index in [9.17, 15) is 40.0 Å². The summed E-state index contributed by atoms with van der Waals surface area (Å²) in [5, 5.41) is 41.7. The maximum atomic E-state index is 12.1. The van der Waals surface area contributed by atoms with Crippen molar-refractivity contribution in [3.8, 4) is 11.5 Å². The van der Waals surface area contributed by atoms with Crippen LogP contribution in [0.4, 0.5) is 22.7 Å². The first-order chi connectivity index (χ1) is 29.1. The van der Waals surface area contributed by atoms with Gasteiger partial charge in [0.05, 0.1) is 48.4 Å². The van der Waals surface area contributed by atoms with Gasteiger partial charge in [0.25, 0.3) is 11.4 Å². The molecule has 2 aliphatic heterocycles. The number of anilines is 2. The minimum Gasteiger partial charge on any atom is -0.493 e. The van der Waals surface area contributed by atoms with Crippen LogP contribution in [0.15, 0.2) is 60.7 Å². The Morgan fingerprint density at radius 2 is 0.917 bits per heavy atom. The highest BCUT2D eigenvalue weighted by molar-refractivity contribution is 5.97. The van der Waals surface area contributed by atoms with E-state index in [0.29, 0.717) is 39.3 Å². The summed E-state index contributed by atoms with van der Waals surface area (Å²) in [6.07, 6.45) is 12.9. The fourth-order valence-electron chi connectivity index (χ4n) is 7.84. The number of benzene rings is 3. The van der Waals surface area contributed by atoms with Crippen LogP contribution in [0.3, 0.4) is 0 Å². The molecule has 0 aliphatic carbocycles. The van der Waals surface area contributed by atoms with Crippen LogP contribution in [0, 0.1) is 20.2 Å². The summed E-state index contributed by atoms with van der Waals surface area (Å²) in [7, 11) is 0. The Bertz CT molecular complexity index is 1710. The fraction of sp³-hybridized carbons (Fsp3) is 0.545. The van der Waals surface area contributed by atoms with Gasteiger partial charge < -0.3 is 39.0 Å². The average Bonchev–Trinajstić information content (AvgIpc) is 3.92. The van der Waals surface area contributed by atoms with Crippen molar-refractivity contribution in [3.05, 3.63) is 92.0 Å². The van der Waals surface area contributed by atoms with Crippen LogP contribution in [0.5, 0.6) is 11.5 Å². The third-order valence-corrected chi connectivity index (χ3v) is 11.1. The van der Waals surface area contributed by atoms with Crippen molar-refractivity contribution in [2.75, 3.05) is 62.5 Å². The number of carboxylic acid groups (broad SMARTS) is 2. The van der Waals surface area contributed by atoms with E-state index in [2.05, 4.69) is 9.80 Å². The van der Waals surface area contributed by atoms with Crippen molar-refractivity contribution >= 4 is 34.7 Å². The van der Waals surface area contributed by atoms with Crippen molar-refractivity contribution in [1.29, 1.82) is 0 Å². The van der Waals surface area contributed by atoms with Gasteiger partial charge in [-0.3, -0.25) is 20.2 Å². The predicted molar refractivity (Wildman–Crippen MR) is 226 cm³/mol. The first-order valence-electron chi connectivity index (χ1n) is 21.2. The second-order valence-corrected chi connectivity index (χ2v) is 15.4. The van der Waals surface area contributed by atoms with Crippen LogP contribution in [0.2, 0.25) is 0 Å². The molecule has 3 aromatic rings. The number of non-ortho nitro benzene ring substituents is 2. The lowest BCUT2D eigenvalue weighted by atomic mass is 10.1. The van der Waals surface area contributed by atoms with Crippen molar-refractivity contribution < 1.29 is 48.6 Å². The number of nitrogens with zero attached hydrogens (tertiary/aromatic N) is 4. The van der Waals surface area contributed by atoms with Crippen LogP contribution in [0.1, 0.15) is 111 Å². The molecular formula is C44H58N4O12. The van der Waals surface area contributed by atoms with Gasteiger partial charge in [0, 0.05) is 61.9 Å². The lowest BCUT2D eigenvalue weighted by Gasteiger charge is -2.26. The number of nitro groups is 2. The predicted octanol–water partition coefficient (Wildman–Crippen LogP) is 8.93. The number of nitro benzene ring substituents is 2. The first kappa shape index (κ1) is 45.6. The molecule has 0 amide bonds. The smallest absolute Gasteiger partial charge is 0.339 e. The van der Waals surface area contributed by atoms with E-state index in [4.69, 9.17) is 18.9 Å². The Labute approximate surface area is 350 Å². The Balaban J connectivity index is 0.915. The van der Waals surface area contributed by atoms with Crippen LogP contribution in [0.25, 0.3) is 0 Å². The quantitative estimate of drug-likeness (QED) is 0.0398. The van der Waals surface area contributed by atoms with Crippen molar-refractivity contribution in [3.63, 3.8) is 0 Å². The molecule has 2 atom stereocenters. The Morgan fingerprint density at radius 3 is 1.27 bits per heavy atom. The third kappa shape index (κ3) is 13.8. The molecule has 0 radical (unpaired) electrons. The Kier molecular flexibility index (Phi) is 18.2. The minimum absolute atomic E-state index is 0.00420. The molecule has 0 spiro atoms. The van der Waals surface area contributed by atoms with Gasteiger partial charge in [-0.15, -0.1) is 0 Å². The molecule has 5 rings (SSSR count). The first-order valence-corrected chi connectivity index (χ1v) is 21.2. The van der Waals surface area contributed by atoms with Crippen molar-refractivity contribution in [2.45, 2.75) is 102 Å². The molecule has 3 aromatic carbocycles. The number of aromatic carboxylic acids is 2. The molecule has 0 bridgehead atoms. The lowest BCUT2D eigenvalue weighted by Crippen LogP contribution is -2.33. The summed E-state index contributed by atoms with van der Waals surface area (Å²) in [6, 6.07) is 16.3. The summed E-state index contributed by atoms with van der Waals surface area (Å²) in [4.78, 5) is 49.8. The minimum atomic E-state index is -1.23. The molecule has 2 fully saturated rings. The largest absolute Gasteiger partial charge is 0.493 e. The maximum absolute atomic E-state index is 12.1. The zero-order valence-electron chi connectivity index (χ0n) is 34.3. The van der Waals surface area contributed by atoms with Gasteiger partial charge in [-0.05, 0) is 87.8 Å². The normalized spacial score (nSPS) is 16.3. The molecule has 0 unspecified atom stereocenters. The summed E-state index contributed by atoms with van der Waals surface area (Å²) in [6.45, 7) is 4.80. The second-order valence-electron chi connectivity index (χ2n) is 15.4. The topological polar surface area (TPSA) is 204 Å². The van der Waals surface area contributed by atoms with Gasteiger partial charge in [0.15, 0.2) is 0 Å². The van der Waals surface area contributed by atoms with E-state index < -0.39 is 21.8 Å². The summed E-state index contributed by atoms with van der Waals surface area (Å²) < 4.78 is 23.5. The van der Waals surface area contributed by atoms with Gasteiger partial charge in [0.2, 0.25) is 0 Å². The number of carbonyl (C=O) groups is 2. The average molecular weight is 835 g/mol. The number of ether oxygens (including phenoxy) is 4. The van der Waals surface area contributed by atoms with Crippen LogP contribution < -0.4 is 19.3 Å². The van der Waals surface area contributed by atoms with Crippen LogP contribution in [-0.2, 0) is 9.47 Å². The highest BCUT2D eigenvalue weighted by Gasteiger charge is 2.27. The molecule has 326 valence electrons. The van der Waals surface area contributed by atoms with Crippen LogP contribution >= 0.6 is 0 Å². The number of hydrogen-bond acceptors (Lipinski definition) is 12. The fourth-order valence-corrected chi connectivity index (χ4v) is 7.84. The highest BCUT2D eigenvalue weighted by Crippen LogP contribution is 2.31. The maximum Gasteiger partial charge on any atom is 0.339 e. The molecule has 2 aliphatic rings. The van der Waals surface area contributed by atoms with Gasteiger partial charge in [0.1, 0.15) is 22.6 Å². The SMILES string of the molecule is O=C(O)c1cc(OCCCCCCCOC[C@@H]2CCCN2c2ccc([N+](=O)[O-])cc2)c(C(=O)O)cc1OCCCCCCCOC[C@@H]1CCCN1c1ccc([N+](=O)[O-])cc1. The Morgan fingerprint density at radius 1 is 0.567 bits per heavy atom. The molecule has 2 N–H and O–H groups in total. The van der Waals surface area contributed by atoms with Gasteiger partial charge in [-0.25, -0.2) is 9.59 Å². The molecular weight excluding hydrogens is 776 g/mol. The van der Waals surface area contributed by atoms with E-state index in [1.165, 1.54) is 36.4 Å². The van der Waals surface area contributed by atoms with E-state index in [0.717, 1.165) is 102 Å². The lowest BCUT2D eigenvalue weighted by molar-refractivity contribution is -0.385. The molecule has 2 saturated heterocycles. The Hall–Kier alpha value is -5.48. The second kappa shape index (κ2) is 23.9. The van der Waals surface area contributed by atoms with Gasteiger partial charge in [-0.2, -0.15) is 0 Å². The van der Waals surface area contributed by atoms with E-state index in [-0.39, 0.29) is 59.3 Å². The zero-order chi connectivity index (χ0) is 42.7. The number of carboxylic acids is 2. The summed E-state index contributed by atoms with van der Waals surface area (Å²) in [5.41, 5.74) is 1.82. The molecule has 16 nitrogen and oxygen atoms in total. The summed E-state index contributed by atoms with van der Waals surface area (Å²) >= 11 is 0. The van der Waals surface area contributed by atoms with E-state index in [1.54, 1.807) is 24.3 Å². The number of unbranched alkanes of at least 4 members (excludes halogenated alkanes) is 8. The van der Waals surface area contributed by atoms with Gasteiger partial charge >= 0.3 is 11.9 Å². The number of rotatable bonds is 28. The van der Waals surface area contributed by atoms with Crippen molar-refractivity contribution in [2.24, 2.45) is 0 Å². The van der Waals surface area contributed by atoms with E-state index >= 15 is 0 Å².